The number of rotatable bonds is 2. The predicted molar refractivity (Wildman–Crippen MR) is 94.6 cm³/mol. The first kappa shape index (κ1) is 14.1. The maximum atomic E-state index is 4.30. The molecule has 1 aromatic heterocycles. The second-order valence-electron chi connectivity index (χ2n) is 5.73. The molecular formula is C20H20S. The molecule has 21 heavy (non-hydrogen) atoms. The first-order valence-corrected chi connectivity index (χ1v) is 8.16. The molecule has 0 aliphatic heterocycles. The highest BCUT2D eigenvalue weighted by Gasteiger charge is 2.20. The zero-order valence-corrected chi connectivity index (χ0v) is 13.7. The van der Waals surface area contributed by atoms with Gasteiger partial charge in [-0.25, -0.2) is 0 Å². The molecule has 0 amide bonds. The lowest BCUT2D eigenvalue weighted by molar-refractivity contribution is 1.23. The van der Waals surface area contributed by atoms with E-state index >= 15 is 0 Å². The highest BCUT2D eigenvalue weighted by Crippen LogP contribution is 2.38. The number of hydrogen-bond acceptors (Lipinski definition) is 1. The molecule has 0 N–H and O–H groups in total. The Labute approximate surface area is 131 Å². The summed E-state index contributed by atoms with van der Waals surface area (Å²) in [6, 6.07) is 10.8. The van der Waals surface area contributed by atoms with Crippen LogP contribution in [0.4, 0.5) is 0 Å². The van der Waals surface area contributed by atoms with Crippen LogP contribution in [0.25, 0.3) is 11.1 Å². The molecule has 0 saturated heterocycles. The smallest absolute Gasteiger partial charge is 0.0328 e. The van der Waals surface area contributed by atoms with E-state index in [-0.39, 0.29) is 0 Å². The molecule has 0 nitrogen and oxygen atoms in total. The second kappa shape index (κ2) is 5.50. The van der Waals surface area contributed by atoms with Crippen LogP contribution >= 0.6 is 11.3 Å². The monoisotopic (exact) mass is 292 g/mol. The molecule has 3 rings (SSSR count). The van der Waals surface area contributed by atoms with Crippen LogP contribution < -0.4 is 0 Å². The minimum atomic E-state index is 1.01. The van der Waals surface area contributed by atoms with Crippen molar-refractivity contribution >= 4 is 22.5 Å². The van der Waals surface area contributed by atoms with Crippen molar-refractivity contribution in [2.24, 2.45) is 0 Å². The molecule has 0 radical (unpaired) electrons. The Hall–Kier alpha value is -1.86. The van der Waals surface area contributed by atoms with Crippen LogP contribution in [0.1, 0.15) is 35.4 Å². The summed E-state index contributed by atoms with van der Waals surface area (Å²) in [7, 11) is 0. The summed E-state index contributed by atoms with van der Waals surface area (Å²) < 4.78 is 0. The van der Waals surface area contributed by atoms with Gasteiger partial charge in [0.15, 0.2) is 0 Å². The van der Waals surface area contributed by atoms with Gasteiger partial charge in [0.1, 0.15) is 0 Å². The van der Waals surface area contributed by atoms with E-state index < -0.39 is 0 Å². The van der Waals surface area contributed by atoms with Crippen molar-refractivity contribution in [1.82, 2.24) is 0 Å². The van der Waals surface area contributed by atoms with Crippen molar-refractivity contribution in [3.05, 3.63) is 81.1 Å². The summed E-state index contributed by atoms with van der Waals surface area (Å²) in [5.41, 5.74) is 9.32. The lowest BCUT2D eigenvalue weighted by Gasteiger charge is -2.06. The quantitative estimate of drug-likeness (QED) is 0.632. The van der Waals surface area contributed by atoms with Gasteiger partial charge in [0.05, 0.1) is 0 Å². The third-order valence-corrected chi connectivity index (χ3v) is 5.36. The third-order valence-electron chi connectivity index (χ3n) is 4.20. The van der Waals surface area contributed by atoms with E-state index in [2.05, 4.69) is 69.1 Å². The molecule has 1 aliphatic rings. The van der Waals surface area contributed by atoms with E-state index in [0.717, 1.165) is 6.42 Å². The average Bonchev–Trinajstić information content (AvgIpc) is 3.03. The largest absolute Gasteiger partial charge is 0.144 e. The third kappa shape index (κ3) is 2.54. The topological polar surface area (TPSA) is 0 Å². The van der Waals surface area contributed by atoms with E-state index in [1.807, 2.05) is 11.3 Å². The molecular weight excluding hydrogens is 272 g/mol. The Morgan fingerprint density at radius 1 is 1.19 bits per heavy atom. The minimum Gasteiger partial charge on any atom is -0.144 e. The maximum absolute atomic E-state index is 4.30. The van der Waals surface area contributed by atoms with E-state index in [4.69, 9.17) is 0 Å². The molecule has 2 aromatic rings. The first-order chi connectivity index (χ1) is 10.1. The van der Waals surface area contributed by atoms with Gasteiger partial charge in [-0.05, 0) is 77.6 Å². The Morgan fingerprint density at radius 3 is 2.62 bits per heavy atom. The fourth-order valence-corrected chi connectivity index (χ4v) is 3.97. The summed E-state index contributed by atoms with van der Waals surface area (Å²) in [6.45, 7) is 10.9. The molecule has 1 aliphatic carbocycles. The normalized spacial score (nSPS) is 17.1. The highest BCUT2D eigenvalue weighted by molar-refractivity contribution is 7.11. The van der Waals surface area contributed by atoms with E-state index in [1.54, 1.807) is 0 Å². The van der Waals surface area contributed by atoms with Crippen LogP contribution in [0.15, 0.2) is 59.5 Å². The summed E-state index contributed by atoms with van der Waals surface area (Å²) in [5.74, 6) is 0. The first-order valence-electron chi connectivity index (χ1n) is 7.28. The minimum absolute atomic E-state index is 1.01. The Morgan fingerprint density at radius 2 is 1.95 bits per heavy atom. The molecule has 0 fully saturated rings. The van der Waals surface area contributed by atoms with Gasteiger partial charge in [-0.3, -0.25) is 0 Å². The van der Waals surface area contributed by atoms with Gasteiger partial charge in [-0.15, -0.1) is 11.3 Å². The van der Waals surface area contributed by atoms with Crippen molar-refractivity contribution in [1.29, 1.82) is 0 Å². The summed E-state index contributed by atoms with van der Waals surface area (Å²) in [4.78, 5) is 1.39. The van der Waals surface area contributed by atoms with Gasteiger partial charge in [0, 0.05) is 4.88 Å². The Bertz CT molecular complexity index is 769. The average molecular weight is 292 g/mol. The van der Waals surface area contributed by atoms with Crippen molar-refractivity contribution < 1.29 is 0 Å². The number of fused-ring (bicyclic) bond motifs is 1. The van der Waals surface area contributed by atoms with Crippen molar-refractivity contribution in [3.63, 3.8) is 0 Å². The SMILES string of the molecule is C=C1/C(=C(C)\C=C(/C)c2sccc2C)Cc2ccccc21. The molecule has 0 saturated carbocycles. The van der Waals surface area contributed by atoms with Crippen LogP contribution in [-0.2, 0) is 6.42 Å². The number of allylic oxidation sites excluding steroid dienone is 5. The molecule has 1 heterocycles. The van der Waals surface area contributed by atoms with Gasteiger partial charge in [-0.1, -0.05) is 36.9 Å². The maximum Gasteiger partial charge on any atom is 0.0328 e. The number of benzene rings is 1. The van der Waals surface area contributed by atoms with Crippen LogP contribution in [0.5, 0.6) is 0 Å². The second-order valence-corrected chi connectivity index (χ2v) is 6.65. The van der Waals surface area contributed by atoms with Gasteiger partial charge in [-0.2, -0.15) is 0 Å². The van der Waals surface area contributed by atoms with Crippen LogP contribution in [0.3, 0.4) is 0 Å². The molecule has 0 bridgehead atoms. The fraction of sp³-hybridized carbons (Fsp3) is 0.200. The molecule has 0 atom stereocenters. The summed E-state index contributed by atoms with van der Waals surface area (Å²) >= 11 is 1.82. The van der Waals surface area contributed by atoms with Gasteiger partial charge in [0.25, 0.3) is 0 Å². The van der Waals surface area contributed by atoms with Crippen molar-refractivity contribution in [3.8, 4) is 0 Å². The molecule has 0 unspecified atom stereocenters. The molecule has 1 heteroatoms. The highest BCUT2D eigenvalue weighted by atomic mass is 32.1. The number of aryl methyl sites for hydroxylation is 1. The summed E-state index contributed by atoms with van der Waals surface area (Å²) in [6.07, 6.45) is 3.32. The lowest BCUT2D eigenvalue weighted by Crippen LogP contribution is -1.86. The zero-order chi connectivity index (χ0) is 15.0. The Kier molecular flexibility index (Phi) is 3.69. The standard InChI is InChI=1S/C20H20S/c1-13-9-10-21-20(13)15(3)11-14(2)19-12-17-7-5-6-8-18(17)16(19)4/h5-11H,4,12H2,1-3H3/b15-11+,19-14-. The lowest BCUT2D eigenvalue weighted by atomic mass is 10.0. The van der Waals surface area contributed by atoms with Crippen LogP contribution in [0.2, 0.25) is 0 Å². The van der Waals surface area contributed by atoms with Gasteiger partial charge in [0.2, 0.25) is 0 Å². The van der Waals surface area contributed by atoms with E-state index in [1.165, 1.54) is 43.9 Å². The molecule has 0 spiro atoms. The van der Waals surface area contributed by atoms with Gasteiger partial charge < -0.3 is 0 Å². The van der Waals surface area contributed by atoms with E-state index in [0.29, 0.717) is 0 Å². The van der Waals surface area contributed by atoms with Gasteiger partial charge >= 0.3 is 0 Å². The van der Waals surface area contributed by atoms with Crippen LogP contribution in [0, 0.1) is 6.92 Å². The Balaban J connectivity index is 1.98. The van der Waals surface area contributed by atoms with Crippen molar-refractivity contribution in [2.75, 3.05) is 0 Å². The predicted octanol–water partition coefficient (Wildman–Crippen LogP) is 6.05. The van der Waals surface area contributed by atoms with E-state index in [9.17, 15) is 0 Å². The molecule has 106 valence electrons. The number of thiophene rings is 1. The fourth-order valence-electron chi connectivity index (χ4n) is 3.06. The summed E-state index contributed by atoms with van der Waals surface area (Å²) in [5, 5.41) is 2.16. The molecule has 1 aromatic carbocycles. The number of hydrogen-bond donors (Lipinski definition) is 0. The van der Waals surface area contributed by atoms with Crippen LogP contribution in [-0.4, -0.2) is 0 Å². The zero-order valence-electron chi connectivity index (χ0n) is 12.9. The van der Waals surface area contributed by atoms with Crippen molar-refractivity contribution in [2.45, 2.75) is 27.2 Å².